The van der Waals surface area contributed by atoms with Crippen LogP contribution >= 0.6 is 0 Å². The molecule has 0 saturated carbocycles. The van der Waals surface area contributed by atoms with Crippen LogP contribution in [0.5, 0.6) is 0 Å². The van der Waals surface area contributed by atoms with Crippen LogP contribution in [0, 0.1) is 18.3 Å². The monoisotopic (exact) mass is 243 g/mol. The van der Waals surface area contributed by atoms with Gasteiger partial charge in [0.05, 0.1) is 11.6 Å². The number of rotatable bonds is 3. The zero-order valence-electron chi connectivity index (χ0n) is 11.5. The number of nitrogens with zero attached hydrogens (tertiary/aromatic N) is 3. The first-order chi connectivity index (χ1) is 8.61. The molecular weight excluding hydrogens is 222 g/mol. The first-order valence-electron chi connectivity index (χ1n) is 6.54. The van der Waals surface area contributed by atoms with E-state index >= 15 is 0 Å². The average Bonchev–Trinajstić information content (AvgIpc) is 2.75. The number of benzene rings is 1. The molecule has 1 aliphatic heterocycles. The van der Waals surface area contributed by atoms with Crippen LogP contribution in [0.3, 0.4) is 0 Å². The van der Waals surface area contributed by atoms with Crippen LogP contribution in [0.15, 0.2) is 18.2 Å². The first kappa shape index (κ1) is 12.9. The van der Waals surface area contributed by atoms with Gasteiger partial charge in [-0.2, -0.15) is 5.26 Å². The van der Waals surface area contributed by atoms with Crippen molar-refractivity contribution in [3.63, 3.8) is 0 Å². The molecule has 3 heteroatoms. The fraction of sp³-hybridized carbons (Fsp3) is 0.533. The summed E-state index contributed by atoms with van der Waals surface area (Å²) >= 11 is 0. The predicted octanol–water partition coefficient (Wildman–Crippen LogP) is 2.40. The molecule has 0 radical (unpaired) electrons. The van der Waals surface area contributed by atoms with Gasteiger partial charge in [-0.05, 0) is 57.1 Å². The average molecular weight is 243 g/mol. The SMILES string of the molecule is Cc1cc(N(C)CC2CCCN2C)ccc1C#N. The summed E-state index contributed by atoms with van der Waals surface area (Å²) in [5.41, 5.74) is 3.03. The van der Waals surface area contributed by atoms with Gasteiger partial charge in [0.1, 0.15) is 0 Å². The highest BCUT2D eigenvalue weighted by atomic mass is 15.2. The first-order valence-corrected chi connectivity index (χ1v) is 6.54. The van der Waals surface area contributed by atoms with E-state index in [4.69, 9.17) is 5.26 Å². The Kier molecular flexibility index (Phi) is 3.88. The van der Waals surface area contributed by atoms with Crippen molar-refractivity contribution in [1.82, 2.24) is 4.90 Å². The van der Waals surface area contributed by atoms with Gasteiger partial charge < -0.3 is 9.80 Å². The van der Waals surface area contributed by atoms with E-state index in [9.17, 15) is 0 Å². The molecule has 0 aromatic heterocycles. The Morgan fingerprint density at radius 1 is 1.50 bits per heavy atom. The Hall–Kier alpha value is -1.53. The summed E-state index contributed by atoms with van der Waals surface area (Å²) in [4.78, 5) is 4.73. The van der Waals surface area contributed by atoms with Gasteiger partial charge in [-0.1, -0.05) is 0 Å². The van der Waals surface area contributed by atoms with Crippen LogP contribution < -0.4 is 4.90 Å². The lowest BCUT2D eigenvalue weighted by Crippen LogP contribution is -2.36. The van der Waals surface area contributed by atoms with Gasteiger partial charge in [-0.25, -0.2) is 0 Å². The predicted molar refractivity (Wildman–Crippen MR) is 74.8 cm³/mol. The smallest absolute Gasteiger partial charge is 0.0994 e. The van der Waals surface area contributed by atoms with Crippen LogP contribution in [0.1, 0.15) is 24.0 Å². The zero-order valence-corrected chi connectivity index (χ0v) is 11.5. The van der Waals surface area contributed by atoms with Gasteiger partial charge >= 0.3 is 0 Å². The molecule has 18 heavy (non-hydrogen) atoms. The molecule has 0 amide bonds. The van der Waals surface area contributed by atoms with Gasteiger partial charge in [0.2, 0.25) is 0 Å². The number of likely N-dealkylation sites (tertiary alicyclic amines) is 1. The van der Waals surface area contributed by atoms with E-state index in [0.717, 1.165) is 17.7 Å². The lowest BCUT2D eigenvalue weighted by Gasteiger charge is -2.27. The Morgan fingerprint density at radius 2 is 2.28 bits per heavy atom. The molecule has 2 rings (SSSR count). The second kappa shape index (κ2) is 5.41. The Bertz CT molecular complexity index is 461. The van der Waals surface area contributed by atoms with Gasteiger partial charge in [0, 0.05) is 25.3 Å². The Balaban J connectivity index is 2.07. The maximum atomic E-state index is 8.94. The van der Waals surface area contributed by atoms with Crippen molar-refractivity contribution in [3.05, 3.63) is 29.3 Å². The van der Waals surface area contributed by atoms with Crippen LogP contribution in [0.2, 0.25) is 0 Å². The van der Waals surface area contributed by atoms with E-state index in [1.807, 2.05) is 19.1 Å². The second-order valence-electron chi connectivity index (χ2n) is 5.27. The van der Waals surface area contributed by atoms with Crippen molar-refractivity contribution in [2.24, 2.45) is 0 Å². The molecule has 0 bridgehead atoms. The number of likely N-dealkylation sites (N-methyl/N-ethyl adjacent to an activating group) is 2. The molecule has 0 spiro atoms. The molecule has 0 aliphatic carbocycles. The fourth-order valence-corrected chi connectivity index (χ4v) is 2.64. The van der Waals surface area contributed by atoms with Gasteiger partial charge in [-0.15, -0.1) is 0 Å². The highest BCUT2D eigenvalue weighted by Crippen LogP contribution is 2.21. The summed E-state index contributed by atoms with van der Waals surface area (Å²) in [6, 6.07) is 8.94. The molecule has 1 unspecified atom stereocenters. The van der Waals surface area contributed by atoms with Gasteiger partial charge in [0.15, 0.2) is 0 Å². The number of nitriles is 1. The van der Waals surface area contributed by atoms with E-state index in [-0.39, 0.29) is 0 Å². The molecule has 1 aliphatic rings. The van der Waals surface area contributed by atoms with Crippen molar-refractivity contribution < 1.29 is 0 Å². The lowest BCUT2D eigenvalue weighted by atomic mass is 10.1. The molecule has 0 N–H and O–H groups in total. The maximum Gasteiger partial charge on any atom is 0.0994 e. The van der Waals surface area contributed by atoms with E-state index in [1.54, 1.807) is 0 Å². The summed E-state index contributed by atoms with van der Waals surface area (Å²) in [7, 11) is 4.34. The van der Waals surface area contributed by atoms with Crippen molar-refractivity contribution in [3.8, 4) is 6.07 Å². The zero-order chi connectivity index (χ0) is 13.1. The molecule has 1 saturated heterocycles. The fourth-order valence-electron chi connectivity index (χ4n) is 2.64. The molecular formula is C15H21N3. The van der Waals surface area contributed by atoms with E-state index < -0.39 is 0 Å². The number of hydrogen-bond acceptors (Lipinski definition) is 3. The second-order valence-corrected chi connectivity index (χ2v) is 5.27. The molecule has 3 nitrogen and oxygen atoms in total. The number of aryl methyl sites for hydroxylation is 1. The minimum atomic E-state index is 0.658. The van der Waals surface area contributed by atoms with Crippen LogP contribution in [-0.2, 0) is 0 Å². The summed E-state index contributed by atoms with van der Waals surface area (Å²) in [6.45, 7) is 4.27. The molecule has 1 heterocycles. The largest absolute Gasteiger partial charge is 0.373 e. The molecule has 1 aromatic rings. The number of anilines is 1. The third-order valence-electron chi connectivity index (χ3n) is 3.93. The van der Waals surface area contributed by atoms with E-state index in [0.29, 0.717) is 6.04 Å². The summed E-state index contributed by atoms with van der Waals surface area (Å²) in [6.07, 6.45) is 2.59. The highest BCUT2D eigenvalue weighted by Gasteiger charge is 2.22. The highest BCUT2D eigenvalue weighted by molar-refractivity contribution is 5.53. The van der Waals surface area contributed by atoms with Gasteiger partial charge in [0.25, 0.3) is 0 Å². The molecule has 1 aromatic carbocycles. The number of hydrogen-bond donors (Lipinski definition) is 0. The summed E-state index contributed by atoms with van der Waals surface area (Å²) in [5.74, 6) is 0. The normalized spacial score (nSPS) is 19.8. The van der Waals surface area contributed by atoms with E-state index in [2.05, 4.69) is 36.0 Å². The van der Waals surface area contributed by atoms with Crippen molar-refractivity contribution in [1.29, 1.82) is 5.26 Å². The minimum Gasteiger partial charge on any atom is -0.373 e. The van der Waals surface area contributed by atoms with Crippen molar-refractivity contribution in [2.75, 3.05) is 32.1 Å². The minimum absolute atomic E-state index is 0.658. The topological polar surface area (TPSA) is 30.3 Å². The van der Waals surface area contributed by atoms with Crippen molar-refractivity contribution >= 4 is 5.69 Å². The Morgan fingerprint density at radius 3 is 2.83 bits per heavy atom. The lowest BCUT2D eigenvalue weighted by molar-refractivity contribution is 0.314. The molecule has 1 atom stereocenters. The summed E-state index contributed by atoms with van der Waals surface area (Å²) in [5, 5.41) is 8.94. The quantitative estimate of drug-likeness (QED) is 0.816. The molecule has 1 fully saturated rings. The Labute approximate surface area is 110 Å². The van der Waals surface area contributed by atoms with Crippen LogP contribution in [-0.4, -0.2) is 38.1 Å². The van der Waals surface area contributed by atoms with Crippen LogP contribution in [0.25, 0.3) is 0 Å². The third kappa shape index (κ3) is 2.65. The van der Waals surface area contributed by atoms with Gasteiger partial charge in [-0.3, -0.25) is 0 Å². The maximum absolute atomic E-state index is 8.94. The van der Waals surface area contributed by atoms with Crippen LogP contribution in [0.4, 0.5) is 5.69 Å². The standard InChI is InChI=1S/C15H21N3/c1-12-9-14(7-6-13(12)10-16)18(3)11-15-5-4-8-17(15)2/h6-7,9,15H,4-5,8,11H2,1-3H3. The van der Waals surface area contributed by atoms with E-state index in [1.165, 1.54) is 25.1 Å². The summed E-state index contributed by atoms with van der Waals surface area (Å²) < 4.78 is 0. The molecule has 96 valence electrons. The van der Waals surface area contributed by atoms with Crippen molar-refractivity contribution in [2.45, 2.75) is 25.8 Å². The third-order valence-corrected chi connectivity index (χ3v) is 3.93.